The Morgan fingerprint density at radius 1 is 1.04 bits per heavy atom. The molecule has 27 heavy (non-hydrogen) atoms. The van der Waals surface area contributed by atoms with E-state index in [4.69, 9.17) is 4.74 Å². The number of nitrogens with one attached hydrogen (secondary N) is 1. The van der Waals surface area contributed by atoms with E-state index in [2.05, 4.69) is 15.3 Å². The summed E-state index contributed by atoms with van der Waals surface area (Å²) in [5.41, 5.74) is 3.93. The molecule has 4 aromatic rings. The van der Waals surface area contributed by atoms with Gasteiger partial charge in [0.2, 0.25) is 0 Å². The smallest absolute Gasteiger partial charge is 0.357 e. The highest BCUT2D eigenvalue weighted by Crippen LogP contribution is 2.22. The summed E-state index contributed by atoms with van der Waals surface area (Å²) >= 11 is 1.47. The highest BCUT2D eigenvalue weighted by Gasteiger charge is 2.11. The second-order valence-corrected chi connectivity index (χ2v) is 6.96. The first kappa shape index (κ1) is 17.2. The highest BCUT2D eigenvalue weighted by atomic mass is 32.1. The molecule has 0 aliphatic carbocycles. The fourth-order valence-corrected chi connectivity index (χ4v) is 3.30. The lowest BCUT2D eigenvalue weighted by Gasteiger charge is -2.04. The van der Waals surface area contributed by atoms with E-state index >= 15 is 0 Å². The predicted molar refractivity (Wildman–Crippen MR) is 107 cm³/mol. The van der Waals surface area contributed by atoms with E-state index in [9.17, 15) is 4.79 Å². The summed E-state index contributed by atoms with van der Waals surface area (Å²) in [4.78, 5) is 21.1. The molecule has 2 heterocycles. The van der Waals surface area contributed by atoms with Crippen LogP contribution in [-0.4, -0.2) is 15.9 Å². The molecule has 0 saturated carbocycles. The maximum atomic E-state index is 12.3. The molecule has 1 N–H and O–H groups in total. The molecule has 2 aromatic heterocycles. The summed E-state index contributed by atoms with van der Waals surface area (Å²) in [6, 6.07) is 19.3. The molecule has 0 unspecified atom stereocenters. The second-order valence-electron chi connectivity index (χ2n) is 6.10. The zero-order valence-corrected chi connectivity index (χ0v) is 15.5. The predicted octanol–water partition coefficient (Wildman–Crippen LogP) is 5.10. The number of thiazole rings is 1. The van der Waals surface area contributed by atoms with Gasteiger partial charge in [-0.25, -0.2) is 14.8 Å². The Morgan fingerprint density at radius 3 is 2.70 bits per heavy atom. The number of anilines is 2. The number of aryl methyl sites for hydroxylation is 1. The molecule has 0 amide bonds. The molecule has 0 radical (unpaired) electrons. The number of carbonyl (C=O) groups excluding carboxylic acids is 1. The maximum absolute atomic E-state index is 12.3. The number of ether oxygens (including phenoxy) is 1. The third kappa shape index (κ3) is 4.12. The Balaban J connectivity index is 1.38. The number of hydrogen-bond acceptors (Lipinski definition) is 6. The standard InChI is InChI=1S/C21H17N3O2S/c1-14-6-9-16(10-7-14)22-21-23-17(13-27-21)12-26-20(25)19-11-8-15-4-2-3-5-18(15)24-19/h2-11,13H,12H2,1H3,(H,22,23). The summed E-state index contributed by atoms with van der Waals surface area (Å²) in [6.45, 7) is 2.16. The molecule has 0 aliphatic rings. The number of esters is 1. The molecule has 0 spiro atoms. The number of fused-ring (bicyclic) bond motifs is 1. The fraction of sp³-hybridized carbons (Fsp3) is 0.0952. The van der Waals surface area contributed by atoms with Crippen LogP contribution in [0.3, 0.4) is 0 Å². The monoisotopic (exact) mass is 375 g/mol. The van der Waals surface area contributed by atoms with Crippen molar-refractivity contribution in [2.75, 3.05) is 5.32 Å². The highest BCUT2D eigenvalue weighted by molar-refractivity contribution is 7.13. The topological polar surface area (TPSA) is 64.1 Å². The average molecular weight is 375 g/mol. The average Bonchev–Trinajstić information content (AvgIpc) is 3.15. The largest absolute Gasteiger partial charge is 0.454 e. The molecule has 0 atom stereocenters. The molecule has 6 heteroatoms. The molecular formula is C21H17N3O2S. The normalized spacial score (nSPS) is 10.7. The van der Waals surface area contributed by atoms with E-state index in [0.717, 1.165) is 21.7 Å². The molecule has 5 nitrogen and oxygen atoms in total. The number of hydrogen-bond donors (Lipinski definition) is 1. The van der Waals surface area contributed by atoms with Crippen molar-refractivity contribution in [1.29, 1.82) is 0 Å². The van der Waals surface area contributed by atoms with Crippen LogP contribution in [-0.2, 0) is 11.3 Å². The zero-order chi connectivity index (χ0) is 18.6. The van der Waals surface area contributed by atoms with Crippen molar-refractivity contribution in [2.24, 2.45) is 0 Å². The molecular weight excluding hydrogens is 358 g/mol. The Bertz CT molecular complexity index is 1090. The van der Waals surface area contributed by atoms with Crippen LogP contribution in [0.25, 0.3) is 10.9 Å². The molecule has 0 fully saturated rings. The van der Waals surface area contributed by atoms with Gasteiger partial charge >= 0.3 is 5.97 Å². The number of benzene rings is 2. The van der Waals surface area contributed by atoms with Crippen LogP contribution in [0, 0.1) is 6.92 Å². The van der Waals surface area contributed by atoms with Crippen LogP contribution in [0.15, 0.2) is 66.0 Å². The maximum Gasteiger partial charge on any atom is 0.357 e. The number of aromatic nitrogens is 2. The summed E-state index contributed by atoms with van der Waals surface area (Å²) in [5, 5.41) is 6.86. The number of rotatable bonds is 5. The number of pyridine rings is 1. The molecule has 2 aromatic carbocycles. The van der Waals surface area contributed by atoms with E-state index in [1.165, 1.54) is 16.9 Å². The minimum atomic E-state index is -0.457. The van der Waals surface area contributed by atoms with Crippen molar-refractivity contribution in [3.63, 3.8) is 0 Å². The Kier molecular flexibility index (Phi) is 4.80. The van der Waals surface area contributed by atoms with Crippen LogP contribution in [0.1, 0.15) is 21.7 Å². The Hall–Kier alpha value is -3.25. The van der Waals surface area contributed by atoms with Crippen molar-refractivity contribution < 1.29 is 9.53 Å². The molecule has 134 valence electrons. The molecule has 4 rings (SSSR count). The molecule has 0 bridgehead atoms. The zero-order valence-electron chi connectivity index (χ0n) is 14.7. The van der Waals surface area contributed by atoms with Crippen molar-refractivity contribution in [2.45, 2.75) is 13.5 Å². The van der Waals surface area contributed by atoms with Gasteiger partial charge in [0.15, 0.2) is 5.13 Å². The van der Waals surface area contributed by atoms with Gasteiger partial charge in [-0.2, -0.15) is 0 Å². The van der Waals surface area contributed by atoms with E-state index in [1.54, 1.807) is 6.07 Å². The fourth-order valence-electron chi connectivity index (χ4n) is 2.58. The first-order chi connectivity index (χ1) is 13.2. The lowest BCUT2D eigenvalue weighted by molar-refractivity contribution is 0.0462. The first-order valence-corrected chi connectivity index (χ1v) is 9.36. The van der Waals surface area contributed by atoms with Crippen LogP contribution < -0.4 is 5.32 Å². The van der Waals surface area contributed by atoms with E-state index in [1.807, 2.05) is 66.9 Å². The van der Waals surface area contributed by atoms with Gasteiger partial charge in [0.05, 0.1) is 11.2 Å². The van der Waals surface area contributed by atoms with Gasteiger partial charge in [-0.1, -0.05) is 42.0 Å². The third-order valence-electron chi connectivity index (χ3n) is 4.01. The van der Waals surface area contributed by atoms with Crippen LogP contribution >= 0.6 is 11.3 Å². The Morgan fingerprint density at radius 2 is 1.85 bits per heavy atom. The summed E-state index contributed by atoms with van der Waals surface area (Å²) in [7, 11) is 0. The van der Waals surface area contributed by atoms with Gasteiger partial charge in [-0.15, -0.1) is 11.3 Å². The molecule has 0 aliphatic heterocycles. The van der Waals surface area contributed by atoms with Crippen molar-refractivity contribution >= 4 is 39.0 Å². The lowest BCUT2D eigenvalue weighted by Crippen LogP contribution is -2.07. The first-order valence-electron chi connectivity index (χ1n) is 8.48. The van der Waals surface area contributed by atoms with E-state index in [0.29, 0.717) is 11.4 Å². The summed E-state index contributed by atoms with van der Waals surface area (Å²) < 4.78 is 5.36. The van der Waals surface area contributed by atoms with Crippen LogP contribution in [0.5, 0.6) is 0 Å². The number of para-hydroxylation sites is 1. The lowest BCUT2D eigenvalue weighted by atomic mass is 10.2. The van der Waals surface area contributed by atoms with Crippen LogP contribution in [0.2, 0.25) is 0 Å². The van der Waals surface area contributed by atoms with Gasteiger partial charge in [0.25, 0.3) is 0 Å². The number of carbonyl (C=O) groups is 1. The van der Waals surface area contributed by atoms with Gasteiger partial charge in [0.1, 0.15) is 12.3 Å². The minimum absolute atomic E-state index is 0.111. The summed E-state index contributed by atoms with van der Waals surface area (Å²) in [5.74, 6) is -0.457. The Labute approximate surface area is 160 Å². The SMILES string of the molecule is Cc1ccc(Nc2nc(COC(=O)c3ccc4ccccc4n3)cs2)cc1. The number of nitrogens with zero attached hydrogens (tertiary/aromatic N) is 2. The quantitative estimate of drug-likeness (QED) is 0.492. The van der Waals surface area contributed by atoms with E-state index in [-0.39, 0.29) is 6.61 Å². The minimum Gasteiger partial charge on any atom is -0.454 e. The van der Waals surface area contributed by atoms with Gasteiger partial charge in [-0.3, -0.25) is 0 Å². The molecule has 0 saturated heterocycles. The van der Waals surface area contributed by atoms with Crippen molar-refractivity contribution in [3.8, 4) is 0 Å². The second kappa shape index (κ2) is 7.55. The van der Waals surface area contributed by atoms with Gasteiger partial charge in [0, 0.05) is 16.5 Å². The third-order valence-corrected chi connectivity index (χ3v) is 4.82. The van der Waals surface area contributed by atoms with Gasteiger partial charge < -0.3 is 10.1 Å². The van der Waals surface area contributed by atoms with Crippen molar-refractivity contribution in [1.82, 2.24) is 9.97 Å². The van der Waals surface area contributed by atoms with Crippen molar-refractivity contribution in [3.05, 3.63) is 83.0 Å². The van der Waals surface area contributed by atoms with Gasteiger partial charge in [-0.05, 0) is 31.2 Å². The van der Waals surface area contributed by atoms with E-state index < -0.39 is 5.97 Å². The summed E-state index contributed by atoms with van der Waals surface area (Å²) in [6.07, 6.45) is 0. The van der Waals surface area contributed by atoms with Crippen LogP contribution in [0.4, 0.5) is 10.8 Å².